The van der Waals surface area contributed by atoms with Crippen LogP contribution in [-0.4, -0.2) is 30.0 Å². The maximum Gasteiger partial charge on any atom is 0.0926 e. The standard InChI is InChI=1S/C17H25N3S/c1-3-17-19-16(14-21-17)12-18-10-7-11-20(2)13-15-8-5-4-6-9-15/h4-6,8-9,14,18H,3,7,10-13H2,1-2H3. The number of benzene rings is 1. The molecule has 0 bridgehead atoms. The maximum absolute atomic E-state index is 4.56. The minimum atomic E-state index is 0.888. The second kappa shape index (κ2) is 8.93. The van der Waals surface area contributed by atoms with Gasteiger partial charge in [-0.3, -0.25) is 0 Å². The molecule has 0 amide bonds. The van der Waals surface area contributed by atoms with Crippen molar-refractivity contribution >= 4 is 11.3 Å². The average Bonchev–Trinajstić information content (AvgIpc) is 2.96. The van der Waals surface area contributed by atoms with Crippen LogP contribution in [0.3, 0.4) is 0 Å². The first-order valence-electron chi connectivity index (χ1n) is 7.64. The van der Waals surface area contributed by atoms with Crippen LogP contribution < -0.4 is 5.32 Å². The third kappa shape index (κ3) is 5.96. The average molecular weight is 303 g/mol. The topological polar surface area (TPSA) is 28.2 Å². The first-order chi connectivity index (χ1) is 10.3. The van der Waals surface area contributed by atoms with E-state index >= 15 is 0 Å². The molecule has 0 radical (unpaired) electrons. The molecule has 2 aromatic rings. The molecule has 21 heavy (non-hydrogen) atoms. The molecule has 0 aliphatic carbocycles. The number of rotatable bonds is 9. The molecule has 1 N–H and O–H groups in total. The molecule has 0 atom stereocenters. The fourth-order valence-corrected chi connectivity index (χ4v) is 3.00. The Bertz CT molecular complexity index is 510. The second-order valence-electron chi connectivity index (χ2n) is 5.34. The Morgan fingerprint density at radius 2 is 2.05 bits per heavy atom. The van der Waals surface area contributed by atoms with Gasteiger partial charge in [0, 0.05) is 18.5 Å². The summed E-state index contributed by atoms with van der Waals surface area (Å²) in [5, 5.41) is 6.87. The van der Waals surface area contributed by atoms with Crippen molar-refractivity contribution in [2.45, 2.75) is 32.9 Å². The number of hydrogen-bond acceptors (Lipinski definition) is 4. The Morgan fingerprint density at radius 1 is 1.24 bits per heavy atom. The number of thiazole rings is 1. The van der Waals surface area contributed by atoms with Crippen LogP contribution in [0.15, 0.2) is 35.7 Å². The highest BCUT2D eigenvalue weighted by Crippen LogP contribution is 2.09. The van der Waals surface area contributed by atoms with Crippen molar-refractivity contribution in [1.29, 1.82) is 0 Å². The van der Waals surface area contributed by atoms with Crippen LogP contribution in [0.25, 0.3) is 0 Å². The van der Waals surface area contributed by atoms with Gasteiger partial charge >= 0.3 is 0 Å². The molecule has 3 nitrogen and oxygen atoms in total. The molecule has 2 rings (SSSR count). The molecule has 0 fully saturated rings. The smallest absolute Gasteiger partial charge is 0.0926 e. The van der Waals surface area contributed by atoms with E-state index in [2.05, 4.69) is 64.9 Å². The van der Waals surface area contributed by atoms with Crippen LogP contribution in [0, 0.1) is 0 Å². The van der Waals surface area contributed by atoms with Crippen molar-refractivity contribution < 1.29 is 0 Å². The maximum atomic E-state index is 4.56. The summed E-state index contributed by atoms with van der Waals surface area (Å²) < 4.78 is 0. The Morgan fingerprint density at radius 3 is 2.76 bits per heavy atom. The van der Waals surface area contributed by atoms with Gasteiger partial charge in [-0.05, 0) is 38.5 Å². The van der Waals surface area contributed by atoms with E-state index < -0.39 is 0 Å². The minimum absolute atomic E-state index is 0.888. The van der Waals surface area contributed by atoms with Crippen LogP contribution in [0.5, 0.6) is 0 Å². The van der Waals surface area contributed by atoms with Crippen LogP contribution in [0.1, 0.15) is 29.6 Å². The normalized spacial score (nSPS) is 11.2. The number of nitrogens with one attached hydrogen (secondary N) is 1. The van der Waals surface area contributed by atoms with Gasteiger partial charge in [0.2, 0.25) is 0 Å². The molecule has 1 heterocycles. The summed E-state index contributed by atoms with van der Waals surface area (Å²) in [6.07, 6.45) is 2.20. The van der Waals surface area contributed by atoms with Crippen LogP contribution in [-0.2, 0) is 19.5 Å². The van der Waals surface area contributed by atoms with Gasteiger partial charge in [-0.2, -0.15) is 0 Å². The predicted octanol–water partition coefficient (Wildman–Crippen LogP) is 3.32. The molecule has 1 aromatic carbocycles. The minimum Gasteiger partial charge on any atom is -0.311 e. The number of aromatic nitrogens is 1. The molecule has 0 unspecified atom stereocenters. The zero-order valence-electron chi connectivity index (χ0n) is 13.0. The van der Waals surface area contributed by atoms with E-state index in [-0.39, 0.29) is 0 Å². The van der Waals surface area contributed by atoms with E-state index in [0.717, 1.165) is 39.0 Å². The third-order valence-electron chi connectivity index (χ3n) is 3.40. The van der Waals surface area contributed by atoms with Gasteiger partial charge in [-0.25, -0.2) is 4.98 Å². The van der Waals surface area contributed by atoms with E-state index in [1.54, 1.807) is 11.3 Å². The summed E-state index contributed by atoms with van der Waals surface area (Å²) in [6.45, 7) is 6.21. The van der Waals surface area contributed by atoms with Gasteiger partial charge in [0.1, 0.15) is 0 Å². The van der Waals surface area contributed by atoms with Crippen LogP contribution in [0.4, 0.5) is 0 Å². The Balaban J connectivity index is 1.57. The van der Waals surface area contributed by atoms with E-state index in [4.69, 9.17) is 0 Å². The van der Waals surface area contributed by atoms with Crippen molar-refractivity contribution in [2.24, 2.45) is 0 Å². The lowest BCUT2D eigenvalue weighted by Gasteiger charge is -2.16. The van der Waals surface area contributed by atoms with Crippen LogP contribution in [0.2, 0.25) is 0 Å². The number of hydrogen-bond donors (Lipinski definition) is 1. The molecule has 0 aliphatic rings. The zero-order chi connectivity index (χ0) is 14.9. The molecular formula is C17H25N3S. The second-order valence-corrected chi connectivity index (χ2v) is 6.28. The molecule has 114 valence electrons. The molecule has 0 spiro atoms. The number of nitrogens with zero attached hydrogens (tertiary/aromatic N) is 2. The molecule has 0 saturated heterocycles. The van der Waals surface area contributed by atoms with Gasteiger partial charge in [0.15, 0.2) is 0 Å². The summed E-state index contributed by atoms with van der Waals surface area (Å²) >= 11 is 1.76. The molecule has 1 aromatic heterocycles. The lowest BCUT2D eigenvalue weighted by molar-refractivity contribution is 0.319. The zero-order valence-corrected chi connectivity index (χ0v) is 13.8. The summed E-state index contributed by atoms with van der Waals surface area (Å²) in [6, 6.07) is 10.6. The van der Waals surface area contributed by atoms with Gasteiger partial charge in [0.25, 0.3) is 0 Å². The van der Waals surface area contributed by atoms with Crippen molar-refractivity contribution in [3.8, 4) is 0 Å². The summed E-state index contributed by atoms with van der Waals surface area (Å²) in [5.74, 6) is 0. The van der Waals surface area contributed by atoms with Gasteiger partial charge in [-0.1, -0.05) is 37.3 Å². The van der Waals surface area contributed by atoms with Crippen molar-refractivity contribution in [3.05, 3.63) is 52.0 Å². The SMILES string of the molecule is CCc1nc(CNCCCN(C)Cc2ccccc2)cs1. The Kier molecular flexibility index (Phi) is 6.86. The molecular weight excluding hydrogens is 278 g/mol. The third-order valence-corrected chi connectivity index (χ3v) is 4.44. The van der Waals surface area contributed by atoms with E-state index in [1.807, 2.05) is 0 Å². The number of aryl methyl sites for hydroxylation is 1. The van der Waals surface area contributed by atoms with E-state index in [1.165, 1.54) is 16.3 Å². The van der Waals surface area contributed by atoms with Gasteiger partial charge in [-0.15, -0.1) is 11.3 Å². The largest absolute Gasteiger partial charge is 0.311 e. The summed E-state index contributed by atoms with van der Waals surface area (Å²) in [4.78, 5) is 6.93. The van der Waals surface area contributed by atoms with Crippen molar-refractivity contribution in [1.82, 2.24) is 15.2 Å². The highest BCUT2D eigenvalue weighted by molar-refractivity contribution is 7.09. The summed E-state index contributed by atoms with van der Waals surface area (Å²) in [7, 11) is 2.18. The fraction of sp³-hybridized carbons (Fsp3) is 0.471. The first-order valence-corrected chi connectivity index (χ1v) is 8.52. The first kappa shape index (κ1) is 16.1. The molecule has 4 heteroatoms. The Hall–Kier alpha value is -1.23. The van der Waals surface area contributed by atoms with Gasteiger partial charge in [0.05, 0.1) is 10.7 Å². The van der Waals surface area contributed by atoms with Gasteiger partial charge < -0.3 is 10.2 Å². The molecule has 0 saturated carbocycles. The van der Waals surface area contributed by atoms with Crippen molar-refractivity contribution in [2.75, 3.05) is 20.1 Å². The highest BCUT2D eigenvalue weighted by atomic mass is 32.1. The fourth-order valence-electron chi connectivity index (χ4n) is 2.26. The lowest BCUT2D eigenvalue weighted by Crippen LogP contribution is -2.23. The monoisotopic (exact) mass is 303 g/mol. The Labute approximate surface area is 132 Å². The quantitative estimate of drug-likeness (QED) is 0.720. The van der Waals surface area contributed by atoms with E-state index in [9.17, 15) is 0 Å². The van der Waals surface area contributed by atoms with Crippen molar-refractivity contribution in [3.63, 3.8) is 0 Å². The van der Waals surface area contributed by atoms with E-state index in [0.29, 0.717) is 0 Å². The van der Waals surface area contributed by atoms with Crippen LogP contribution >= 0.6 is 11.3 Å². The molecule has 0 aliphatic heterocycles. The highest BCUT2D eigenvalue weighted by Gasteiger charge is 2.01. The lowest BCUT2D eigenvalue weighted by atomic mass is 10.2. The summed E-state index contributed by atoms with van der Waals surface area (Å²) in [5.41, 5.74) is 2.55. The predicted molar refractivity (Wildman–Crippen MR) is 90.6 cm³/mol.